The predicted octanol–water partition coefficient (Wildman–Crippen LogP) is 1.20. The summed E-state index contributed by atoms with van der Waals surface area (Å²) >= 11 is 0. The second-order valence-electron chi connectivity index (χ2n) is 6.28. The minimum absolute atomic E-state index is 0.577. The number of hydrogen-bond donors (Lipinski definition) is 0. The third-order valence-corrected chi connectivity index (χ3v) is 5.88. The van der Waals surface area contributed by atoms with E-state index in [0.717, 1.165) is 44.8 Å². The lowest BCUT2D eigenvalue weighted by molar-refractivity contribution is 0.157. The first-order valence-corrected chi connectivity index (χ1v) is 9.75. The molecule has 0 aromatic heterocycles. The van der Waals surface area contributed by atoms with Crippen LogP contribution in [0.25, 0.3) is 0 Å². The molecule has 2 aliphatic heterocycles. The van der Waals surface area contributed by atoms with E-state index in [4.69, 9.17) is 4.74 Å². The summed E-state index contributed by atoms with van der Waals surface area (Å²) in [6.07, 6.45) is 3.39. The highest BCUT2D eigenvalue weighted by atomic mass is 32.2. The van der Waals surface area contributed by atoms with Crippen LogP contribution in [0.15, 0.2) is 24.3 Å². The fraction of sp³-hybridized carbons (Fsp3) is 0.625. The molecule has 2 aliphatic rings. The first-order valence-electron chi connectivity index (χ1n) is 7.90. The lowest BCUT2D eigenvalue weighted by Crippen LogP contribution is -2.49. The van der Waals surface area contributed by atoms with Crippen LogP contribution in [0.3, 0.4) is 0 Å². The molecule has 0 spiro atoms. The molecule has 1 aromatic carbocycles. The van der Waals surface area contributed by atoms with Gasteiger partial charge in [-0.1, -0.05) is 18.2 Å². The molecule has 0 aliphatic carbocycles. The van der Waals surface area contributed by atoms with Gasteiger partial charge in [0.25, 0.3) is 0 Å². The van der Waals surface area contributed by atoms with E-state index in [0.29, 0.717) is 19.0 Å². The summed E-state index contributed by atoms with van der Waals surface area (Å²) < 4.78 is 30.5. The Morgan fingerprint density at radius 2 is 1.91 bits per heavy atom. The van der Waals surface area contributed by atoms with Gasteiger partial charge < -0.3 is 9.64 Å². The molecule has 3 rings (SSSR count). The Kier molecular flexibility index (Phi) is 4.70. The van der Waals surface area contributed by atoms with Crippen molar-refractivity contribution in [3.63, 3.8) is 0 Å². The molecule has 1 atom stereocenters. The number of hydrogen-bond acceptors (Lipinski definition) is 4. The zero-order valence-corrected chi connectivity index (χ0v) is 13.9. The Morgan fingerprint density at radius 3 is 2.64 bits per heavy atom. The molecule has 22 heavy (non-hydrogen) atoms. The number of para-hydroxylation sites is 1. The molecule has 0 radical (unpaired) electrons. The average Bonchev–Trinajstić information content (AvgIpc) is 2.68. The van der Waals surface area contributed by atoms with E-state index in [-0.39, 0.29) is 0 Å². The molecule has 1 aromatic rings. The standard InChI is InChI=1S/C16H24N2O3S/c1-22(19,20)18-9-7-17(8-10-18)13-14-6-11-21-16-5-3-2-4-15(16)12-14/h2-5,14H,6-13H2,1H3/t14-/m1/s1. The molecule has 1 fully saturated rings. The van der Waals surface area contributed by atoms with Gasteiger partial charge in [0.15, 0.2) is 0 Å². The lowest BCUT2D eigenvalue weighted by Gasteiger charge is -2.35. The van der Waals surface area contributed by atoms with Crippen LogP contribution < -0.4 is 4.74 Å². The van der Waals surface area contributed by atoms with Gasteiger partial charge in [-0.3, -0.25) is 0 Å². The highest BCUT2D eigenvalue weighted by Gasteiger charge is 2.26. The molecule has 0 saturated carbocycles. The molecule has 6 heteroatoms. The molecule has 5 nitrogen and oxygen atoms in total. The van der Waals surface area contributed by atoms with Crippen LogP contribution >= 0.6 is 0 Å². The SMILES string of the molecule is CS(=O)(=O)N1CCN(C[C@@H]2CCOc3ccccc3C2)CC1. The van der Waals surface area contributed by atoms with Gasteiger partial charge in [0.2, 0.25) is 10.0 Å². The number of benzene rings is 1. The second kappa shape index (κ2) is 6.56. The van der Waals surface area contributed by atoms with E-state index in [1.807, 2.05) is 12.1 Å². The topological polar surface area (TPSA) is 49.9 Å². The fourth-order valence-corrected chi connectivity index (χ4v) is 4.15. The van der Waals surface area contributed by atoms with Crippen molar-refractivity contribution < 1.29 is 13.2 Å². The van der Waals surface area contributed by atoms with Crippen LogP contribution in [0.4, 0.5) is 0 Å². The van der Waals surface area contributed by atoms with E-state index in [9.17, 15) is 8.42 Å². The van der Waals surface area contributed by atoms with Crippen LogP contribution in [0.1, 0.15) is 12.0 Å². The minimum atomic E-state index is -3.04. The third-order valence-electron chi connectivity index (χ3n) is 4.58. The fourth-order valence-electron chi connectivity index (χ4n) is 3.33. The van der Waals surface area contributed by atoms with Gasteiger partial charge in [0.1, 0.15) is 5.75 Å². The Morgan fingerprint density at radius 1 is 1.18 bits per heavy atom. The van der Waals surface area contributed by atoms with Crippen LogP contribution in [-0.2, 0) is 16.4 Å². The third kappa shape index (κ3) is 3.80. The molecular weight excluding hydrogens is 300 g/mol. The van der Waals surface area contributed by atoms with Gasteiger partial charge in [-0.05, 0) is 30.4 Å². The van der Waals surface area contributed by atoms with Gasteiger partial charge >= 0.3 is 0 Å². The Bertz CT molecular complexity index is 610. The minimum Gasteiger partial charge on any atom is -0.493 e. The number of sulfonamides is 1. The van der Waals surface area contributed by atoms with Crippen LogP contribution in [-0.4, -0.2) is 63.2 Å². The van der Waals surface area contributed by atoms with E-state index >= 15 is 0 Å². The summed E-state index contributed by atoms with van der Waals surface area (Å²) in [4.78, 5) is 2.39. The van der Waals surface area contributed by atoms with E-state index in [1.165, 1.54) is 11.8 Å². The molecule has 0 amide bonds. The van der Waals surface area contributed by atoms with Crippen molar-refractivity contribution in [2.75, 3.05) is 45.6 Å². The lowest BCUT2D eigenvalue weighted by atomic mass is 9.96. The normalized spacial score (nSPS) is 24.3. The van der Waals surface area contributed by atoms with Crippen molar-refractivity contribution >= 4 is 10.0 Å². The summed E-state index contributed by atoms with van der Waals surface area (Å²) in [6, 6.07) is 8.27. The number of rotatable bonds is 3. The van der Waals surface area contributed by atoms with Crippen molar-refractivity contribution in [2.45, 2.75) is 12.8 Å². The quantitative estimate of drug-likeness (QED) is 0.838. The second-order valence-corrected chi connectivity index (χ2v) is 8.26. The molecule has 1 saturated heterocycles. The molecular formula is C16H24N2O3S. The molecule has 0 bridgehead atoms. The maximum atomic E-state index is 11.6. The molecule has 0 N–H and O–H groups in total. The molecule has 122 valence electrons. The van der Waals surface area contributed by atoms with E-state index < -0.39 is 10.0 Å². The van der Waals surface area contributed by atoms with Gasteiger partial charge in [-0.2, -0.15) is 4.31 Å². The molecule has 0 unspecified atom stereocenters. The summed E-state index contributed by atoms with van der Waals surface area (Å²) in [7, 11) is -3.04. The van der Waals surface area contributed by atoms with Gasteiger partial charge in [0.05, 0.1) is 12.9 Å². The Labute approximate surface area is 132 Å². The number of ether oxygens (including phenoxy) is 1. The van der Waals surface area contributed by atoms with Gasteiger partial charge in [0, 0.05) is 32.7 Å². The van der Waals surface area contributed by atoms with E-state index in [1.54, 1.807) is 4.31 Å². The van der Waals surface area contributed by atoms with Crippen molar-refractivity contribution in [1.29, 1.82) is 0 Å². The molecule has 2 heterocycles. The first-order chi connectivity index (χ1) is 10.5. The smallest absolute Gasteiger partial charge is 0.211 e. The van der Waals surface area contributed by atoms with Crippen molar-refractivity contribution in [2.24, 2.45) is 5.92 Å². The predicted molar refractivity (Wildman–Crippen MR) is 86.6 cm³/mol. The maximum absolute atomic E-state index is 11.6. The largest absolute Gasteiger partial charge is 0.493 e. The number of piperazine rings is 1. The number of fused-ring (bicyclic) bond motifs is 1. The van der Waals surface area contributed by atoms with Crippen molar-refractivity contribution in [3.8, 4) is 5.75 Å². The zero-order chi connectivity index (χ0) is 15.6. The summed E-state index contributed by atoms with van der Waals surface area (Å²) in [5.41, 5.74) is 1.29. The maximum Gasteiger partial charge on any atom is 0.211 e. The van der Waals surface area contributed by atoms with Crippen LogP contribution in [0.5, 0.6) is 5.75 Å². The number of nitrogens with zero attached hydrogens (tertiary/aromatic N) is 2. The van der Waals surface area contributed by atoms with Gasteiger partial charge in [-0.15, -0.1) is 0 Å². The van der Waals surface area contributed by atoms with Crippen LogP contribution in [0, 0.1) is 5.92 Å². The van der Waals surface area contributed by atoms with Crippen LogP contribution in [0.2, 0.25) is 0 Å². The summed E-state index contributed by atoms with van der Waals surface area (Å²) in [5, 5.41) is 0. The average molecular weight is 324 g/mol. The monoisotopic (exact) mass is 324 g/mol. The highest BCUT2D eigenvalue weighted by Crippen LogP contribution is 2.27. The van der Waals surface area contributed by atoms with E-state index in [2.05, 4.69) is 17.0 Å². The first kappa shape index (κ1) is 15.8. The van der Waals surface area contributed by atoms with Gasteiger partial charge in [-0.25, -0.2) is 8.42 Å². The summed E-state index contributed by atoms with van der Waals surface area (Å²) in [6.45, 7) is 4.66. The zero-order valence-electron chi connectivity index (χ0n) is 13.1. The van der Waals surface area contributed by atoms with Crippen molar-refractivity contribution in [3.05, 3.63) is 29.8 Å². The van der Waals surface area contributed by atoms with Crippen molar-refractivity contribution in [1.82, 2.24) is 9.21 Å². The Hall–Kier alpha value is -1.11. The Balaban J connectivity index is 1.56. The summed E-state index contributed by atoms with van der Waals surface area (Å²) in [5.74, 6) is 1.60. The highest BCUT2D eigenvalue weighted by molar-refractivity contribution is 7.88.